The maximum atomic E-state index is 13.7. The fourth-order valence-corrected chi connectivity index (χ4v) is 5.02. The second-order valence-corrected chi connectivity index (χ2v) is 9.95. The van der Waals surface area contributed by atoms with Crippen LogP contribution in [0, 0.1) is 0 Å². The van der Waals surface area contributed by atoms with Gasteiger partial charge in [0.05, 0.1) is 11.3 Å². The molecule has 0 saturated carbocycles. The molecule has 0 radical (unpaired) electrons. The zero-order chi connectivity index (χ0) is 23.5. The predicted octanol–water partition coefficient (Wildman–Crippen LogP) is 3.98. The molecule has 0 bridgehead atoms. The first-order chi connectivity index (χ1) is 15.2. The highest BCUT2D eigenvalue weighted by molar-refractivity contribution is 9.10. The number of hydrogen-bond acceptors (Lipinski definition) is 5. The second-order valence-electron chi connectivity index (χ2n) is 9.10. The molecule has 8 heteroatoms. The van der Waals surface area contributed by atoms with Gasteiger partial charge in [-0.15, -0.1) is 0 Å². The summed E-state index contributed by atoms with van der Waals surface area (Å²) in [6.07, 6.45) is 3.30. The minimum atomic E-state index is -0.928. The van der Waals surface area contributed by atoms with Crippen LogP contribution in [0.25, 0.3) is 0 Å². The number of hydrogen-bond donors (Lipinski definition) is 1. The minimum Gasteiger partial charge on any atom is -0.475 e. The van der Waals surface area contributed by atoms with Gasteiger partial charge >= 0.3 is 0 Å². The van der Waals surface area contributed by atoms with E-state index in [1.165, 1.54) is 0 Å². The highest BCUT2D eigenvalue weighted by Crippen LogP contribution is 2.42. The standard InChI is InChI=1S/C24H36BrN3O4/c1-6-24(4)23(30)27(11-8-12-31-5)20-13-18(19(25)14-21(20)32-24)22(29)28(16(2)3)17-9-7-10-26-15-17/h13-14,16-17,26H,6-12,15H2,1-5H3/t17-,24?/m1/s1. The van der Waals surface area contributed by atoms with Crippen molar-refractivity contribution in [2.75, 3.05) is 38.3 Å². The van der Waals surface area contributed by atoms with E-state index in [0.29, 0.717) is 47.5 Å². The van der Waals surface area contributed by atoms with Crippen molar-refractivity contribution in [2.45, 2.75) is 71.1 Å². The van der Waals surface area contributed by atoms with Crippen LogP contribution in [-0.4, -0.2) is 67.7 Å². The van der Waals surface area contributed by atoms with Crippen LogP contribution < -0.4 is 15.0 Å². The number of nitrogens with one attached hydrogen (secondary N) is 1. The molecule has 1 unspecified atom stereocenters. The molecule has 2 heterocycles. The van der Waals surface area contributed by atoms with E-state index in [1.807, 2.05) is 30.9 Å². The summed E-state index contributed by atoms with van der Waals surface area (Å²) in [7, 11) is 1.65. The van der Waals surface area contributed by atoms with Crippen LogP contribution in [0.3, 0.4) is 0 Å². The quantitative estimate of drug-likeness (QED) is 0.536. The summed E-state index contributed by atoms with van der Waals surface area (Å²) in [4.78, 5) is 30.8. The zero-order valence-corrected chi connectivity index (χ0v) is 21.5. The number of benzene rings is 1. The summed E-state index contributed by atoms with van der Waals surface area (Å²) in [6, 6.07) is 3.87. The SMILES string of the molecule is CCC1(C)Oc2cc(Br)c(C(=O)N(C(C)C)[C@@H]3CCCNC3)cc2N(CCCOC)C1=O. The van der Waals surface area contributed by atoms with Gasteiger partial charge in [-0.05, 0) is 81.1 Å². The molecule has 1 aromatic rings. The molecular formula is C24H36BrN3O4. The van der Waals surface area contributed by atoms with Crippen LogP contribution >= 0.6 is 15.9 Å². The smallest absolute Gasteiger partial charge is 0.270 e. The molecule has 7 nitrogen and oxygen atoms in total. The average molecular weight is 510 g/mol. The van der Waals surface area contributed by atoms with Crippen molar-refractivity contribution in [1.82, 2.24) is 10.2 Å². The average Bonchev–Trinajstić information content (AvgIpc) is 2.76. The van der Waals surface area contributed by atoms with E-state index in [1.54, 1.807) is 12.0 Å². The van der Waals surface area contributed by atoms with E-state index in [-0.39, 0.29) is 23.9 Å². The monoisotopic (exact) mass is 509 g/mol. The van der Waals surface area contributed by atoms with Gasteiger partial charge in [-0.2, -0.15) is 0 Å². The van der Waals surface area contributed by atoms with Crippen LogP contribution in [-0.2, 0) is 9.53 Å². The molecule has 1 N–H and O–H groups in total. The molecule has 0 aliphatic carbocycles. The van der Waals surface area contributed by atoms with Crippen LogP contribution in [0.4, 0.5) is 5.69 Å². The number of halogens is 1. The molecule has 3 rings (SSSR count). The normalized spacial score (nSPS) is 23.2. The van der Waals surface area contributed by atoms with Crippen LogP contribution in [0.5, 0.6) is 5.75 Å². The van der Waals surface area contributed by atoms with Gasteiger partial charge in [0.25, 0.3) is 11.8 Å². The number of methoxy groups -OCH3 is 1. The van der Waals surface area contributed by atoms with E-state index < -0.39 is 5.60 Å². The first-order valence-electron chi connectivity index (χ1n) is 11.6. The summed E-state index contributed by atoms with van der Waals surface area (Å²) in [5.74, 6) is 0.503. The Labute approximate surface area is 199 Å². The molecule has 0 spiro atoms. The van der Waals surface area contributed by atoms with Crippen molar-refractivity contribution in [3.05, 3.63) is 22.2 Å². The number of piperidine rings is 1. The van der Waals surface area contributed by atoms with Crippen LogP contribution in [0.15, 0.2) is 16.6 Å². The number of rotatable bonds is 8. The van der Waals surface area contributed by atoms with E-state index >= 15 is 0 Å². The summed E-state index contributed by atoms with van der Waals surface area (Å²) in [5, 5.41) is 3.41. The van der Waals surface area contributed by atoms with Gasteiger partial charge in [0, 0.05) is 43.4 Å². The molecule has 2 atom stereocenters. The number of anilines is 1. The fourth-order valence-electron chi connectivity index (χ4n) is 4.53. The first-order valence-corrected chi connectivity index (χ1v) is 12.4. The highest BCUT2D eigenvalue weighted by Gasteiger charge is 2.44. The second kappa shape index (κ2) is 10.5. The molecule has 2 aliphatic rings. The highest BCUT2D eigenvalue weighted by atomic mass is 79.9. The van der Waals surface area contributed by atoms with Crippen molar-refractivity contribution in [3.63, 3.8) is 0 Å². The van der Waals surface area contributed by atoms with E-state index in [4.69, 9.17) is 9.47 Å². The number of carbonyl (C=O) groups is 2. The lowest BCUT2D eigenvalue weighted by molar-refractivity contribution is -0.134. The Morgan fingerprint density at radius 1 is 1.44 bits per heavy atom. The van der Waals surface area contributed by atoms with Gasteiger partial charge in [0.15, 0.2) is 5.60 Å². The summed E-state index contributed by atoms with van der Waals surface area (Å²) < 4.78 is 12.0. The molecule has 32 heavy (non-hydrogen) atoms. The van der Waals surface area contributed by atoms with Gasteiger partial charge in [0.2, 0.25) is 0 Å². The topological polar surface area (TPSA) is 71.1 Å². The molecule has 1 saturated heterocycles. The molecule has 2 aliphatic heterocycles. The summed E-state index contributed by atoms with van der Waals surface area (Å²) in [6.45, 7) is 10.7. The first kappa shape index (κ1) is 25.0. The Morgan fingerprint density at radius 2 is 2.19 bits per heavy atom. The minimum absolute atomic E-state index is 0.0310. The maximum absolute atomic E-state index is 13.7. The summed E-state index contributed by atoms with van der Waals surface area (Å²) in [5.41, 5.74) is 0.272. The van der Waals surface area contributed by atoms with Crippen molar-refractivity contribution in [3.8, 4) is 5.75 Å². The number of fused-ring (bicyclic) bond motifs is 1. The van der Waals surface area contributed by atoms with Crippen molar-refractivity contribution in [2.24, 2.45) is 0 Å². The van der Waals surface area contributed by atoms with Gasteiger partial charge < -0.3 is 24.6 Å². The van der Waals surface area contributed by atoms with Gasteiger partial charge in [-0.3, -0.25) is 9.59 Å². The Kier molecular flexibility index (Phi) is 8.22. The molecular weight excluding hydrogens is 474 g/mol. The number of amides is 2. The van der Waals surface area contributed by atoms with E-state index in [0.717, 1.165) is 25.9 Å². The number of ether oxygens (including phenoxy) is 2. The Hall–Kier alpha value is -1.64. The molecule has 1 fully saturated rings. The third kappa shape index (κ3) is 4.97. The van der Waals surface area contributed by atoms with Crippen molar-refractivity contribution in [1.29, 1.82) is 0 Å². The largest absolute Gasteiger partial charge is 0.475 e. The van der Waals surface area contributed by atoms with Gasteiger partial charge in [0.1, 0.15) is 5.75 Å². The van der Waals surface area contributed by atoms with Gasteiger partial charge in [-0.25, -0.2) is 0 Å². The lowest BCUT2D eigenvalue weighted by Crippen LogP contribution is -2.54. The lowest BCUT2D eigenvalue weighted by atomic mass is 9.97. The maximum Gasteiger partial charge on any atom is 0.270 e. The Bertz CT molecular complexity index is 841. The van der Waals surface area contributed by atoms with Crippen LogP contribution in [0.2, 0.25) is 0 Å². The third-order valence-electron chi connectivity index (χ3n) is 6.46. The number of nitrogens with zero attached hydrogens (tertiary/aromatic N) is 2. The van der Waals surface area contributed by atoms with E-state index in [9.17, 15) is 9.59 Å². The summed E-state index contributed by atoms with van der Waals surface area (Å²) >= 11 is 3.61. The molecule has 1 aromatic carbocycles. The zero-order valence-electron chi connectivity index (χ0n) is 19.9. The Balaban J connectivity index is 2.00. The molecule has 178 valence electrons. The molecule has 0 aromatic heterocycles. The Morgan fingerprint density at radius 3 is 2.78 bits per heavy atom. The predicted molar refractivity (Wildman–Crippen MR) is 130 cm³/mol. The van der Waals surface area contributed by atoms with E-state index in [2.05, 4.69) is 35.1 Å². The fraction of sp³-hybridized carbons (Fsp3) is 0.667. The van der Waals surface area contributed by atoms with Gasteiger partial charge in [-0.1, -0.05) is 6.92 Å². The molecule has 2 amide bonds. The lowest BCUT2D eigenvalue weighted by Gasteiger charge is -2.41. The number of carbonyl (C=O) groups excluding carboxylic acids is 2. The van der Waals surface area contributed by atoms with Crippen molar-refractivity contribution >= 4 is 33.4 Å². The third-order valence-corrected chi connectivity index (χ3v) is 7.12. The van der Waals surface area contributed by atoms with Crippen LogP contribution in [0.1, 0.15) is 63.7 Å². The van der Waals surface area contributed by atoms with Crippen molar-refractivity contribution < 1.29 is 19.1 Å².